The van der Waals surface area contributed by atoms with Gasteiger partial charge in [0.2, 0.25) is 0 Å². The van der Waals surface area contributed by atoms with E-state index in [0.29, 0.717) is 35.3 Å². The number of esters is 1. The van der Waals surface area contributed by atoms with E-state index in [9.17, 15) is 4.79 Å². The Bertz CT molecular complexity index is 575. The summed E-state index contributed by atoms with van der Waals surface area (Å²) < 4.78 is 15.9. The highest BCUT2D eigenvalue weighted by Gasteiger charge is 2.29. The molecule has 1 heterocycles. The standard InChI is InChI=1S/C15H18ClNO5/c1-4-20-13-8-21-17-14(13)11-7-10(16)5-6-12(11)22-9(2)15(18)19-3/h5-7,9,13H,4,8H2,1-3H3/t9-,13+/m0/s1. The van der Waals surface area contributed by atoms with Crippen molar-refractivity contribution in [1.29, 1.82) is 0 Å². The van der Waals surface area contributed by atoms with Gasteiger partial charge < -0.3 is 19.0 Å². The first-order chi connectivity index (χ1) is 10.6. The molecule has 0 N–H and O–H groups in total. The molecule has 22 heavy (non-hydrogen) atoms. The second kappa shape index (κ2) is 7.47. The molecule has 0 radical (unpaired) electrons. The van der Waals surface area contributed by atoms with Crippen LogP contribution in [0.5, 0.6) is 5.75 Å². The Labute approximate surface area is 133 Å². The number of oxime groups is 1. The fourth-order valence-electron chi connectivity index (χ4n) is 2.07. The van der Waals surface area contributed by atoms with Crippen LogP contribution in [0.1, 0.15) is 19.4 Å². The third kappa shape index (κ3) is 3.69. The van der Waals surface area contributed by atoms with Gasteiger partial charge in [0.25, 0.3) is 0 Å². The lowest BCUT2D eigenvalue weighted by Crippen LogP contribution is -2.28. The summed E-state index contributed by atoms with van der Waals surface area (Å²) in [4.78, 5) is 16.6. The van der Waals surface area contributed by atoms with Gasteiger partial charge >= 0.3 is 5.97 Å². The first-order valence-electron chi connectivity index (χ1n) is 6.92. The Hall–Kier alpha value is -1.79. The Balaban J connectivity index is 2.30. The van der Waals surface area contributed by atoms with Gasteiger partial charge in [-0.3, -0.25) is 0 Å². The molecule has 0 saturated heterocycles. The van der Waals surface area contributed by atoms with Gasteiger partial charge in [0, 0.05) is 17.2 Å². The lowest BCUT2D eigenvalue weighted by atomic mass is 10.0. The van der Waals surface area contributed by atoms with Crippen LogP contribution >= 0.6 is 11.6 Å². The molecule has 0 unspecified atom stereocenters. The third-order valence-corrected chi connectivity index (χ3v) is 3.35. The normalized spacial score (nSPS) is 18.4. The van der Waals surface area contributed by atoms with E-state index in [4.69, 9.17) is 25.9 Å². The highest BCUT2D eigenvalue weighted by molar-refractivity contribution is 6.31. The van der Waals surface area contributed by atoms with Crippen molar-refractivity contribution < 1.29 is 23.8 Å². The zero-order valence-corrected chi connectivity index (χ0v) is 13.4. The van der Waals surface area contributed by atoms with Crippen molar-refractivity contribution in [2.24, 2.45) is 5.16 Å². The average molecular weight is 328 g/mol. The van der Waals surface area contributed by atoms with E-state index < -0.39 is 12.1 Å². The Morgan fingerprint density at radius 2 is 2.32 bits per heavy atom. The topological polar surface area (TPSA) is 66.3 Å². The van der Waals surface area contributed by atoms with E-state index in [1.807, 2.05) is 6.92 Å². The quantitative estimate of drug-likeness (QED) is 0.751. The maximum atomic E-state index is 11.5. The van der Waals surface area contributed by atoms with Crippen molar-refractivity contribution in [3.05, 3.63) is 28.8 Å². The van der Waals surface area contributed by atoms with E-state index in [0.717, 1.165) is 0 Å². The van der Waals surface area contributed by atoms with Crippen LogP contribution in [0, 0.1) is 0 Å². The van der Waals surface area contributed by atoms with Crippen molar-refractivity contribution >= 4 is 23.3 Å². The van der Waals surface area contributed by atoms with Crippen LogP contribution in [-0.4, -0.2) is 44.2 Å². The molecule has 1 aromatic carbocycles. The van der Waals surface area contributed by atoms with E-state index >= 15 is 0 Å². The van der Waals surface area contributed by atoms with Gasteiger partial charge in [-0.15, -0.1) is 0 Å². The van der Waals surface area contributed by atoms with Crippen molar-refractivity contribution in [2.75, 3.05) is 20.3 Å². The number of hydrogen-bond acceptors (Lipinski definition) is 6. The SMILES string of the molecule is CCO[C@@H]1CON=C1c1cc(Cl)ccc1O[C@@H](C)C(=O)OC. The highest BCUT2D eigenvalue weighted by Crippen LogP contribution is 2.28. The van der Waals surface area contributed by atoms with E-state index in [2.05, 4.69) is 9.89 Å². The van der Waals surface area contributed by atoms with Crippen LogP contribution in [0.15, 0.2) is 23.4 Å². The summed E-state index contributed by atoms with van der Waals surface area (Å²) in [6.07, 6.45) is -1.04. The summed E-state index contributed by atoms with van der Waals surface area (Å²) in [5.74, 6) is 0.00289. The van der Waals surface area contributed by atoms with Crippen molar-refractivity contribution in [2.45, 2.75) is 26.1 Å². The summed E-state index contributed by atoms with van der Waals surface area (Å²) in [5, 5.41) is 4.54. The number of hydrogen-bond donors (Lipinski definition) is 0. The predicted molar refractivity (Wildman–Crippen MR) is 81.5 cm³/mol. The number of methoxy groups -OCH3 is 1. The summed E-state index contributed by atoms with van der Waals surface area (Å²) >= 11 is 6.06. The van der Waals surface area contributed by atoms with E-state index in [-0.39, 0.29) is 6.10 Å². The lowest BCUT2D eigenvalue weighted by molar-refractivity contribution is -0.147. The fraction of sp³-hybridized carbons (Fsp3) is 0.467. The van der Waals surface area contributed by atoms with Crippen molar-refractivity contribution in [1.82, 2.24) is 0 Å². The summed E-state index contributed by atoms with van der Waals surface area (Å²) in [6, 6.07) is 5.07. The van der Waals surface area contributed by atoms with Gasteiger partial charge in [-0.1, -0.05) is 16.8 Å². The molecule has 0 saturated carbocycles. The molecule has 1 aromatic rings. The molecular weight excluding hydrogens is 310 g/mol. The lowest BCUT2D eigenvalue weighted by Gasteiger charge is -2.17. The minimum atomic E-state index is -0.751. The molecule has 2 rings (SSSR count). The summed E-state index contributed by atoms with van der Waals surface area (Å²) in [7, 11) is 1.31. The maximum Gasteiger partial charge on any atom is 0.346 e. The molecule has 0 aromatic heterocycles. The van der Waals surface area contributed by atoms with Gasteiger partial charge in [0.05, 0.1) is 7.11 Å². The largest absolute Gasteiger partial charge is 0.478 e. The maximum absolute atomic E-state index is 11.5. The number of ether oxygens (including phenoxy) is 3. The molecule has 7 heteroatoms. The number of nitrogens with zero attached hydrogens (tertiary/aromatic N) is 1. The molecule has 0 spiro atoms. The van der Waals surface area contributed by atoms with Crippen LogP contribution in [0.2, 0.25) is 5.02 Å². The highest BCUT2D eigenvalue weighted by atomic mass is 35.5. The first-order valence-corrected chi connectivity index (χ1v) is 7.30. The Morgan fingerprint density at radius 1 is 1.55 bits per heavy atom. The van der Waals surface area contributed by atoms with Crippen molar-refractivity contribution in [3.63, 3.8) is 0 Å². The van der Waals surface area contributed by atoms with Gasteiger partial charge in [-0.25, -0.2) is 4.79 Å². The molecular formula is C15H18ClNO5. The summed E-state index contributed by atoms with van der Waals surface area (Å²) in [6.45, 7) is 4.37. The molecule has 6 nitrogen and oxygen atoms in total. The predicted octanol–water partition coefficient (Wildman–Crippen LogP) is 2.42. The first kappa shape index (κ1) is 16.6. The van der Waals surface area contributed by atoms with Crippen LogP contribution in [-0.2, 0) is 19.1 Å². The number of rotatable bonds is 6. The number of halogens is 1. The van der Waals surface area contributed by atoms with Crippen molar-refractivity contribution in [3.8, 4) is 5.75 Å². The van der Waals surface area contributed by atoms with Crippen LogP contribution in [0.3, 0.4) is 0 Å². The van der Waals surface area contributed by atoms with Gasteiger partial charge in [-0.05, 0) is 32.0 Å². The van der Waals surface area contributed by atoms with E-state index in [1.165, 1.54) is 7.11 Å². The monoisotopic (exact) mass is 327 g/mol. The molecule has 0 amide bonds. The molecule has 0 fully saturated rings. The second-order valence-corrected chi connectivity index (χ2v) is 5.08. The number of carbonyl (C=O) groups is 1. The second-order valence-electron chi connectivity index (χ2n) is 4.64. The minimum absolute atomic E-state index is 0.292. The smallest absolute Gasteiger partial charge is 0.346 e. The van der Waals surface area contributed by atoms with Crippen LogP contribution < -0.4 is 4.74 Å². The molecule has 2 atom stereocenters. The number of carbonyl (C=O) groups excluding carboxylic acids is 1. The van der Waals surface area contributed by atoms with Gasteiger partial charge in [-0.2, -0.15) is 0 Å². The molecule has 1 aliphatic heterocycles. The van der Waals surface area contributed by atoms with E-state index in [1.54, 1.807) is 25.1 Å². The number of benzene rings is 1. The molecule has 0 bridgehead atoms. The molecule has 120 valence electrons. The van der Waals surface area contributed by atoms with Crippen LogP contribution in [0.4, 0.5) is 0 Å². The molecule has 0 aliphatic carbocycles. The Kier molecular flexibility index (Phi) is 5.63. The third-order valence-electron chi connectivity index (χ3n) is 3.12. The zero-order chi connectivity index (χ0) is 16.1. The zero-order valence-electron chi connectivity index (χ0n) is 12.7. The Morgan fingerprint density at radius 3 is 3.00 bits per heavy atom. The average Bonchev–Trinajstić information content (AvgIpc) is 2.96. The van der Waals surface area contributed by atoms with Gasteiger partial charge in [0.1, 0.15) is 24.2 Å². The fourth-order valence-corrected chi connectivity index (χ4v) is 2.24. The minimum Gasteiger partial charge on any atom is -0.478 e. The van der Waals surface area contributed by atoms with Gasteiger partial charge in [0.15, 0.2) is 6.10 Å². The van der Waals surface area contributed by atoms with Crippen LogP contribution in [0.25, 0.3) is 0 Å². The summed E-state index contributed by atoms with van der Waals surface area (Å²) in [5.41, 5.74) is 1.23. The molecule has 1 aliphatic rings.